The summed E-state index contributed by atoms with van der Waals surface area (Å²) in [5.41, 5.74) is 0.943. The van der Waals surface area contributed by atoms with Crippen molar-refractivity contribution < 1.29 is 9.90 Å². The van der Waals surface area contributed by atoms with E-state index in [1.54, 1.807) is 24.4 Å². The van der Waals surface area contributed by atoms with E-state index < -0.39 is 0 Å². The van der Waals surface area contributed by atoms with Crippen molar-refractivity contribution >= 4 is 23.6 Å². The first kappa shape index (κ1) is 15.0. The Morgan fingerprint density at radius 1 is 1.50 bits per heavy atom. The second-order valence-electron chi connectivity index (χ2n) is 5.29. The van der Waals surface area contributed by atoms with Gasteiger partial charge in [0.25, 0.3) is 0 Å². The van der Waals surface area contributed by atoms with Crippen molar-refractivity contribution in [3.05, 3.63) is 35.1 Å². The average molecular weight is 295 g/mol. The first-order valence-corrected chi connectivity index (χ1v) is 7.20. The van der Waals surface area contributed by atoms with Crippen LogP contribution < -0.4 is 5.32 Å². The minimum absolute atomic E-state index is 0.111. The van der Waals surface area contributed by atoms with Gasteiger partial charge in [0.15, 0.2) is 0 Å². The summed E-state index contributed by atoms with van der Waals surface area (Å²) in [4.78, 5) is 15.7. The van der Waals surface area contributed by atoms with Crippen molar-refractivity contribution in [1.82, 2.24) is 10.3 Å². The van der Waals surface area contributed by atoms with Gasteiger partial charge in [0, 0.05) is 25.4 Å². The lowest BCUT2D eigenvalue weighted by molar-refractivity contribution is -0.117. The van der Waals surface area contributed by atoms with Crippen LogP contribution in [0.15, 0.2) is 24.4 Å². The highest BCUT2D eigenvalue weighted by molar-refractivity contribution is 6.29. The number of nitrogens with zero attached hydrogens (tertiary/aromatic N) is 1. The van der Waals surface area contributed by atoms with Crippen LogP contribution in [0.5, 0.6) is 0 Å². The Morgan fingerprint density at radius 3 is 2.85 bits per heavy atom. The number of pyridine rings is 1. The quantitative estimate of drug-likeness (QED) is 0.626. The van der Waals surface area contributed by atoms with Crippen LogP contribution in [0.2, 0.25) is 5.15 Å². The summed E-state index contributed by atoms with van der Waals surface area (Å²) in [6.45, 7) is 0.817. The summed E-state index contributed by atoms with van der Waals surface area (Å²) in [5, 5.41) is 12.4. The van der Waals surface area contributed by atoms with Gasteiger partial charge in [-0.1, -0.05) is 24.1 Å². The molecule has 2 N–H and O–H groups in total. The third-order valence-electron chi connectivity index (χ3n) is 3.87. The molecule has 1 aliphatic rings. The van der Waals surface area contributed by atoms with E-state index in [0.717, 1.165) is 24.8 Å². The normalized spacial score (nSPS) is 16.9. The second-order valence-corrected chi connectivity index (χ2v) is 5.68. The number of rotatable bonds is 6. The van der Waals surface area contributed by atoms with Crippen LogP contribution in [0.3, 0.4) is 0 Å². The predicted molar refractivity (Wildman–Crippen MR) is 79.3 cm³/mol. The molecule has 1 aliphatic carbocycles. The summed E-state index contributed by atoms with van der Waals surface area (Å²) in [5.74, 6) is -0.121. The molecule has 0 radical (unpaired) electrons. The lowest BCUT2D eigenvalue weighted by Gasteiger charge is -2.41. The summed E-state index contributed by atoms with van der Waals surface area (Å²) in [6, 6.07) is 3.49. The standard InChI is InChI=1S/C15H19ClN2O2/c16-13-4-2-12(10-17-13)3-5-14(20)18-11-15(8-9-19)6-1-7-15/h2-5,10,19H,1,6-9,11H2,(H,18,20)/b5-3+. The van der Waals surface area contributed by atoms with Crippen molar-refractivity contribution in [3.8, 4) is 0 Å². The van der Waals surface area contributed by atoms with Gasteiger partial charge in [-0.2, -0.15) is 0 Å². The van der Waals surface area contributed by atoms with Crippen LogP contribution in [0.1, 0.15) is 31.2 Å². The van der Waals surface area contributed by atoms with Gasteiger partial charge >= 0.3 is 0 Å². The van der Waals surface area contributed by atoms with Crippen molar-refractivity contribution in [1.29, 1.82) is 0 Å². The zero-order chi connectivity index (χ0) is 14.4. The van der Waals surface area contributed by atoms with Crippen molar-refractivity contribution in [3.63, 3.8) is 0 Å². The highest BCUT2D eigenvalue weighted by atomic mass is 35.5. The van der Waals surface area contributed by atoms with Crippen LogP contribution in [0.4, 0.5) is 0 Å². The average Bonchev–Trinajstić information content (AvgIpc) is 2.41. The maximum Gasteiger partial charge on any atom is 0.244 e. The van der Waals surface area contributed by atoms with E-state index in [0.29, 0.717) is 11.7 Å². The van der Waals surface area contributed by atoms with Gasteiger partial charge in [0.1, 0.15) is 5.15 Å². The van der Waals surface area contributed by atoms with Crippen LogP contribution in [0, 0.1) is 5.41 Å². The Labute approximate surface area is 123 Å². The van der Waals surface area contributed by atoms with E-state index in [1.165, 1.54) is 12.5 Å². The number of aliphatic hydroxyl groups excluding tert-OH is 1. The molecule has 1 amide bonds. The number of aromatic nitrogens is 1. The maximum absolute atomic E-state index is 11.8. The fourth-order valence-electron chi connectivity index (χ4n) is 2.42. The van der Waals surface area contributed by atoms with Crippen LogP contribution >= 0.6 is 11.6 Å². The molecule has 2 rings (SSSR count). The summed E-state index contributed by atoms with van der Waals surface area (Å²) >= 11 is 5.69. The number of carbonyl (C=O) groups is 1. The number of carbonyl (C=O) groups excluding carboxylic acids is 1. The van der Waals surface area contributed by atoms with E-state index >= 15 is 0 Å². The highest BCUT2D eigenvalue weighted by Gasteiger charge is 2.36. The molecule has 4 nitrogen and oxygen atoms in total. The molecule has 1 aromatic heterocycles. The highest BCUT2D eigenvalue weighted by Crippen LogP contribution is 2.43. The molecule has 1 saturated carbocycles. The molecule has 0 spiro atoms. The first-order chi connectivity index (χ1) is 9.63. The number of aliphatic hydroxyl groups is 1. The fourth-order valence-corrected chi connectivity index (χ4v) is 2.53. The van der Waals surface area contributed by atoms with Crippen LogP contribution in [-0.2, 0) is 4.79 Å². The predicted octanol–water partition coefficient (Wildman–Crippen LogP) is 2.42. The second kappa shape index (κ2) is 6.86. The molecule has 0 aromatic carbocycles. The third-order valence-corrected chi connectivity index (χ3v) is 4.09. The van der Waals surface area contributed by atoms with Gasteiger partial charge in [-0.05, 0) is 42.4 Å². The minimum atomic E-state index is -0.121. The largest absolute Gasteiger partial charge is 0.396 e. The van der Waals surface area contributed by atoms with E-state index in [4.69, 9.17) is 16.7 Å². The third kappa shape index (κ3) is 4.05. The van der Waals surface area contributed by atoms with Gasteiger partial charge in [0.05, 0.1) is 0 Å². The lowest BCUT2D eigenvalue weighted by Crippen LogP contribution is -2.42. The molecule has 1 fully saturated rings. The molecule has 0 unspecified atom stereocenters. The summed E-state index contributed by atoms with van der Waals surface area (Å²) in [6.07, 6.45) is 8.93. The molecular weight excluding hydrogens is 276 g/mol. The van der Waals surface area contributed by atoms with E-state index in [9.17, 15) is 4.79 Å². The molecule has 0 saturated heterocycles. The molecule has 5 heteroatoms. The molecule has 108 valence electrons. The summed E-state index contributed by atoms with van der Waals surface area (Å²) < 4.78 is 0. The van der Waals surface area contributed by atoms with Gasteiger partial charge in [-0.25, -0.2) is 4.98 Å². The monoisotopic (exact) mass is 294 g/mol. The number of nitrogens with one attached hydrogen (secondary N) is 1. The number of amides is 1. The van der Waals surface area contributed by atoms with Gasteiger partial charge < -0.3 is 10.4 Å². The zero-order valence-electron chi connectivity index (χ0n) is 11.3. The molecule has 0 bridgehead atoms. The van der Waals surface area contributed by atoms with E-state index in [1.807, 2.05) is 0 Å². The Kier molecular flexibility index (Phi) is 5.15. The Balaban J connectivity index is 1.81. The number of hydrogen-bond donors (Lipinski definition) is 2. The summed E-state index contributed by atoms with van der Waals surface area (Å²) in [7, 11) is 0. The fraction of sp³-hybridized carbons (Fsp3) is 0.467. The van der Waals surface area contributed by atoms with Crippen molar-refractivity contribution in [2.75, 3.05) is 13.2 Å². The Bertz CT molecular complexity index is 481. The number of halogens is 1. The van der Waals surface area contributed by atoms with Gasteiger partial charge in [-0.3, -0.25) is 4.79 Å². The molecule has 20 heavy (non-hydrogen) atoms. The van der Waals surface area contributed by atoms with Crippen molar-refractivity contribution in [2.45, 2.75) is 25.7 Å². The van der Waals surface area contributed by atoms with Gasteiger partial charge in [-0.15, -0.1) is 0 Å². The van der Waals surface area contributed by atoms with E-state index in [-0.39, 0.29) is 17.9 Å². The van der Waals surface area contributed by atoms with Crippen molar-refractivity contribution in [2.24, 2.45) is 5.41 Å². The smallest absolute Gasteiger partial charge is 0.244 e. The Morgan fingerprint density at radius 2 is 2.30 bits per heavy atom. The van der Waals surface area contributed by atoms with Crippen LogP contribution in [0.25, 0.3) is 6.08 Å². The minimum Gasteiger partial charge on any atom is -0.396 e. The number of hydrogen-bond acceptors (Lipinski definition) is 3. The topological polar surface area (TPSA) is 62.2 Å². The molecule has 0 aliphatic heterocycles. The van der Waals surface area contributed by atoms with Crippen LogP contribution in [-0.4, -0.2) is 29.1 Å². The lowest BCUT2D eigenvalue weighted by atomic mass is 9.67. The molecule has 1 aromatic rings. The first-order valence-electron chi connectivity index (χ1n) is 6.82. The van der Waals surface area contributed by atoms with E-state index in [2.05, 4.69) is 10.3 Å². The molecule has 0 atom stereocenters. The van der Waals surface area contributed by atoms with Gasteiger partial charge in [0.2, 0.25) is 5.91 Å². The maximum atomic E-state index is 11.8. The molecule has 1 heterocycles. The Hall–Kier alpha value is -1.39. The zero-order valence-corrected chi connectivity index (χ0v) is 12.1. The SMILES string of the molecule is O=C(/C=C/c1ccc(Cl)nc1)NCC1(CCO)CCC1. The molecular formula is C15H19ClN2O2.